The maximum absolute atomic E-state index is 2.68. The SMILES string of the molecule is Cc1ccccc1N1C(C(C)(C)C)N2C=CC(c3ccccc3)(c3ccccc3)C2[C@@H]1C. The summed E-state index contributed by atoms with van der Waals surface area (Å²) >= 11 is 0. The van der Waals surface area contributed by atoms with Gasteiger partial charge < -0.3 is 9.80 Å². The molecule has 2 unspecified atom stereocenters. The highest BCUT2D eigenvalue weighted by atomic mass is 15.5. The first kappa shape index (κ1) is 20.9. The van der Waals surface area contributed by atoms with Gasteiger partial charge >= 0.3 is 0 Å². The maximum Gasteiger partial charge on any atom is 0.107 e. The van der Waals surface area contributed by atoms with Crippen molar-refractivity contribution in [1.82, 2.24) is 4.90 Å². The van der Waals surface area contributed by atoms with Gasteiger partial charge in [0, 0.05) is 11.1 Å². The first-order chi connectivity index (χ1) is 15.4. The van der Waals surface area contributed by atoms with Gasteiger partial charge in [-0.2, -0.15) is 0 Å². The maximum atomic E-state index is 2.68. The molecule has 0 spiro atoms. The van der Waals surface area contributed by atoms with Gasteiger partial charge in [-0.25, -0.2) is 0 Å². The van der Waals surface area contributed by atoms with Gasteiger partial charge in [0.05, 0.1) is 17.5 Å². The summed E-state index contributed by atoms with van der Waals surface area (Å²) in [7, 11) is 0. The van der Waals surface area contributed by atoms with E-state index in [1.807, 2.05) is 0 Å². The average Bonchev–Trinajstić information content (AvgIpc) is 3.32. The van der Waals surface area contributed by atoms with E-state index in [4.69, 9.17) is 0 Å². The lowest BCUT2D eigenvalue weighted by molar-refractivity contribution is 0.156. The lowest BCUT2D eigenvalue weighted by Crippen LogP contribution is -2.48. The minimum Gasteiger partial charge on any atom is -0.351 e. The third-order valence-corrected chi connectivity index (χ3v) is 7.41. The zero-order valence-corrected chi connectivity index (χ0v) is 19.9. The molecule has 3 aromatic rings. The molecule has 0 aliphatic carbocycles. The van der Waals surface area contributed by atoms with Gasteiger partial charge in [-0.3, -0.25) is 0 Å². The van der Waals surface area contributed by atoms with Crippen molar-refractivity contribution in [2.45, 2.75) is 58.3 Å². The monoisotopic (exact) mass is 422 g/mol. The molecule has 3 atom stereocenters. The Bertz CT molecular complexity index is 1070. The van der Waals surface area contributed by atoms with E-state index >= 15 is 0 Å². The summed E-state index contributed by atoms with van der Waals surface area (Å²) in [5.74, 6) is 0. The Morgan fingerprint density at radius 3 is 1.81 bits per heavy atom. The topological polar surface area (TPSA) is 6.48 Å². The van der Waals surface area contributed by atoms with Gasteiger partial charge in [0.1, 0.15) is 6.17 Å². The predicted molar refractivity (Wildman–Crippen MR) is 135 cm³/mol. The Morgan fingerprint density at radius 2 is 1.28 bits per heavy atom. The molecule has 164 valence electrons. The lowest BCUT2D eigenvalue weighted by atomic mass is 9.68. The average molecular weight is 423 g/mol. The molecule has 5 rings (SSSR count). The van der Waals surface area contributed by atoms with Crippen LogP contribution in [0, 0.1) is 12.3 Å². The normalized spacial score (nSPS) is 24.1. The van der Waals surface area contributed by atoms with E-state index in [2.05, 4.69) is 142 Å². The Morgan fingerprint density at radius 1 is 0.750 bits per heavy atom. The van der Waals surface area contributed by atoms with Crippen LogP contribution in [0.2, 0.25) is 0 Å². The van der Waals surface area contributed by atoms with Crippen LogP contribution in [0.15, 0.2) is 97.2 Å². The van der Waals surface area contributed by atoms with Crippen molar-refractivity contribution < 1.29 is 0 Å². The second-order valence-corrected chi connectivity index (χ2v) is 10.5. The van der Waals surface area contributed by atoms with Crippen molar-refractivity contribution >= 4 is 5.69 Å². The fourth-order valence-corrected chi connectivity index (χ4v) is 6.21. The molecule has 2 aliphatic heterocycles. The van der Waals surface area contributed by atoms with Crippen LogP contribution in [0.3, 0.4) is 0 Å². The third-order valence-electron chi connectivity index (χ3n) is 7.41. The largest absolute Gasteiger partial charge is 0.351 e. The zero-order chi connectivity index (χ0) is 22.5. The Kier molecular flexibility index (Phi) is 4.93. The fourth-order valence-electron chi connectivity index (χ4n) is 6.21. The molecule has 0 bridgehead atoms. The van der Waals surface area contributed by atoms with E-state index in [9.17, 15) is 0 Å². The van der Waals surface area contributed by atoms with E-state index < -0.39 is 0 Å². The number of rotatable bonds is 3. The molecular formula is C30H34N2. The molecule has 0 radical (unpaired) electrons. The van der Waals surface area contributed by atoms with Crippen LogP contribution in [-0.2, 0) is 5.41 Å². The smallest absolute Gasteiger partial charge is 0.107 e. The number of nitrogens with zero attached hydrogens (tertiary/aromatic N) is 2. The van der Waals surface area contributed by atoms with Gasteiger partial charge in [-0.1, -0.05) is 106 Å². The molecule has 2 nitrogen and oxygen atoms in total. The summed E-state index contributed by atoms with van der Waals surface area (Å²) in [6.07, 6.45) is 5.12. The van der Waals surface area contributed by atoms with Crippen LogP contribution in [0.5, 0.6) is 0 Å². The molecule has 0 N–H and O–H groups in total. The number of fused-ring (bicyclic) bond motifs is 1. The first-order valence-electron chi connectivity index (χ1n) is 11.8. The number of anilines is 1. The van der Waals surface area contributed by atoms with Crippen molar-refractivity contribution in [2.24, 2.45) is 5.41 Å². The van der Waals surface area contributed by atoms with Crippen LogP contribution in [0.1, 0.15) is 44.4 Å². The third kappa shape index (κ3) is 3.00. The van der Waals surface area contributed by atoms with Crippen LogP contribution < -0.4 is 4.90 Å². The molecule has 1 fully saturated rings. The number of para-hydroxylation sites is 1. The van der Waals surface area contributed by atoms with Crippen molar-refractivity contribution in [1.29, 1.82) is 0 Å². The number of aryl methyl sites for hydroxylation is 1. The highest BCUT2D eigenvalue weighted by Crippen LogP contribution is 2.53. The molecular weight excluding hydrogens is 388 g/mol. The van der Waals surface area contributed by atoms with Gasteiger partial charge in [-0.05, 0) is 42.8 Å². The lowest BCUT2D eigenvalue weighted by Gasteiger charge is -2.41. The van der Waals surface area contributed by atoms with Crippen molar-refractivity contribution in [2.75, 3.05) is 4.90 Å². The second-order valence-electron chi connectivity index (χ2n) is 10.5. The van der Waals surface area contributed by atoms with Gasteiger partial charge in [0.2, 0.25) is 0 Å². The quantitative estimate of drug-likeness (QED) is 0.460. The minimum atomic E-state index is -0.192. The zero-order valence-electron chi connectivity index (χ0n) is 19.9. The summed E-state index contributed by atoms with van der Waals surface area (Å²) in [6.45, 7) is 11.8. The molecule has 32 heavy (non-hydrogen) atoms. The molecule has 2 heteroatoms. The fraction of sp³-hybridized carbons (Fsp3) is 0.333. The van der Waals surface area contributed by atoms with Crippen LogP contribution in [0.25, 0.3) is 0 Å². The van der Waals surface area contributed by atoms with Gasteiger partial charge in [0.25, 0.3) is 0 Å². The minimum absolute atomic E-state index is 0.0824. The van der Waals surface area contributed by atoms with Crippen molar-refractivity contribution in [3.63, 3.8) is 0 Å². The second kappa shape index (κ2) is 7.55. The summed E-state index contributed by atoms with van der Waals surface area (Å²) in [4.78, 5) is 5.33. The van der Waals surface area contributed by atoms with E-state index in [0.29, 0.717) is 12.1 Å². The molecule has 0 amide bonds. The molecule has 2 heterocycles. The highest BCUT2D eigenvalue weighted by Gasteiger charge is 2.59. The van der Waals surface area contributed by atoms with E-state index in [0.717, 1.165) is 0 Å². The Balaban J connectivity index is 1.74. The Hall–Kier alpha value is -3.00. The summed E-state index contributed by atoms with van der Waals surface area (Å²) in [5, 5.41) is 0. The van der Waals surface area contributed by atoms with E-state index in [-0.39, 0.29) is 17.0 Å². The molecule has 3 aromatic carbocycles. The van der Waals surface area contributed by atoms with Crippen LogP contribution >= 0.6 is 0 Å². The highest BCUT2D eigenvalue weighted by molar-refractivity contribution is 5.60. The Labute approximate surface area is 193 Å². The molecule has 1 saturated heterocycles. The van der Waals surface area contributed by atoms with Crippen LogP contribution in [0.4, 0.5) is 5.69 Å². The predicted octanol–water partition coefficient (Wildman–Crippen LogP) is 6.76. The number of hydrogen-bond acceptors (Lipinski definition) is 2. The standard InChI is InChI=1S/C30H34N2/c1-22-14-12-13-19-26(22)32-23(2)27-30(24-15-8-6-9-16-24,25-17-10-7-11-18-25)20-21-31(27)28(32)29(3,4)5/h6-21,23,27-28H,1-5H3/t23-,27?,28?/m0/s1. The summed E-state index contributed by atoms with van der Waals surface area (Å²) in [6, 6.07) is 31.6. The molecule has 0 saturated carbocycles. The number of benzene rings is 3. The first-order valence-corrected chi connectivity index (χ1v) is 11.8. The van der Waals surface area contributed by atoms with Crippen molar-refractivity contribution in [3.05, 3.63) is 114 Å². The molecule has 2 aliphatic rings. The number of hydrogen-bond donors (Lipinski definition) is 0. The van der Waals surface area contributed by atoms with Crippen LogP contribution in [-0.4, -0.2) is 23.1 Å². The summed E-state index contributed by atoms with van der Waals surface area (Å²) in [5.41, 5.74) is 5.30. The van der Waals surface area contributed by atoms with E-state index in [1.165, 1.54) is 22.4 Å². The molecule has 0 aromatic heterocycles. The van der Waals surface area contributed by atoms with E-state index in [1.54, 1.807) is 0 Å². The summed E-state index contributed by atoms with van der Waals surface area (Å²) < 4.78 is 0. The van der Waals surface area contributed by atoms with Gasteiger partial charge in [0.15, 0.2) is 0 Å². The van der Waals surface area contributed by atoms with Gasteiger partial charge in [-0.15, -0.1) is 0 Å². The van der Waals surface area contributed by atoms with Crippen molar-refractivity contribution in [3.8, 4) is 0 Å².